The maximum Gasteiger partial charge on any atom is 0.167 e. The summed E-state index contributed by atoms with van der Waals surface area (Å²) in [5.41, 5.74) is 9.87. The van der Waals surface area contributed by atoms with Crippen LogP contribution in [0.15, 0.2) is 174 Å². The Kier molecular flexibility index (Phi) is 6.42. The summed E-state index contributed by atoms with van der Waals surface area (Å²) in [5, 5.41) is 4.32. The van der Waals surface area contributed by atoms with Crippen LogP contribution in [0.4, 0.5) is 0 Å². The second-order valence-corrected chi connectivity index (χ2v) is 12.4. The van der Waals surface area contributed by atoms with Gasteiger partial charge in [-0.05, 0) is 47.5 Å². The zero-order valence-electron chi connectivity index (χ0n) is 26.9. The van der Waals surface area contributed by atoms with E-state index >= 15 is 0 Å². The van der Waals surface area contributed by atoms with Crippen LogP contribution < -0.4 is 0 Å². The quantitative estimate of drug-likeness (QED) is 0.188. The van der Waals surface area contributed by atoms with Gasteiger partial charge < -0.3 is 8.98 Å². The lowest BCUT2D eigenvalue weighted by atomic mass is 10.0. The van der Waals surface area contributed by atoms with Gasteiger partial charge in [-0.15, -0.1) is 0 Å². The van der Waals surface area contributed by atoms with Crippen molar-refractivity contribution in [3.63, 3.8) is 0 Å². The third kappa shape index (κ3) is 4.52. The third-order valence-corrected chi connectivity index (χ3v) is 9.48. The fourth-order valence-corrected chi connectivity index (χ4v) is 7.17. The molecule has 0 fully saturated rings. The topological polar surface area (TPSA) is 56.7 Å². The second kappa shape index (κ2) is 11.4. The molecule has 7 aromatic carbocycles. The molecule has 10 aromatic rings. The number of rotatable bonds is 5. The molecule has 234 valence electrons. The molecule has 0 aliphatic carbocycles. The highest BCUT2D eigenvalue weighted by Crippen LogP contribution is 2.40. The first-order chi connectivity index (χ1) is 24.8. The van der Waals surface area contributed by atoms with E-state index in [1.54, 1.807) is 0 Å². The van der Waals surface area contributed by atoms with Crippen molar-refractivity contribution in [2.75, 3.05) is 0 Å². The summed E-state index contributed by atoms with van der Waals surface area (Å²) in [6.45, 7) is 0. The van der Waals surface area contributed by atoms with Crippen LogP contribution >= 0.6 is 0 Å². The van der Waals surface area contributed by atoms with Crippen LogP contribution in [0.5, 0.6) is 0 Å². The van der Waals surface area contributed by atoms with E-state index in [1.807, 2.05) is 42.5 Å². The molecule has 0 radical (unpaired) electrons. The van der Waals surface area contributed by atoms with Gasteiger partial charge >= 0.3 is 0 Å². The summed E-state index contributed by atoms with van der Waals surface area (Å²) >= 11 is 0. The van der Waals surface area contributed by atoms with Gasteiger partial charge in [-0.3, -0.25) is 0 Å². The van der Waals surface area contributed by atoms with Crippen molar-refractivity contribution in [1.82, 2.24) is 19.5 Å². The molecule has 5 nitrogen and oxygen atoms in total. The Hall–Kier alpha value is -6.85. The molecular weight excluding hydrogens is 613 g/mol. The summed E-state index contributed by atoms with van der Waals surface area (Å²) in [4.78, 5) is 15.6. The Morgan fingerprint density at radius 3 is 1.76 bits per heavy atom. The molecule has 3 heterocycles. The molecule has 0 spiro atoms. The molecule has 0 aliphatic heterocycles. The van der Waals surface area contributed by atoms with Crippen LogP contribution in [0, 0.1) is 0 Å². The second-order valence-electron chi connectivity index (χ2n) is 12.4. The monoisotopic (exact) mass is 640 g/mol. The van der Waals surface area contributed by atoms with Crippen molar-refractivity contribution in [3.05, 3.63) is 170 Å². The van der Waals surface area contributed by atoms with Gasteiger partial charge in [0.2, 0.25) is 0 Å². The van der Waals surface area contributed by atoms with Gasteiger partial charge in [0.1, 0.15) is 11.2 Å². The van der Waals surface area contributed by atoms with Crippen molar-refractivity contribution in [3.8, 4) is 51.0 Å². The Morgan fingerprint density at radius 1 is 0.380 bits per heavy atom. The number of hydrogen-bond donors (Lipinski definition) is 0. The maximum absolute atomic E-state index is 6.47. The lowest BCUT2D eigenvalue weighted by molar-refractivity contribution is 0.669. The third-order valence-electron chi connectivity index (χ3n) is 9.48. The highest BCUT2D eigenvalue weighted by atomic mass is 16.3. The van der Waals surface area contributed by atoms with Gasteiger partial charge in [-0.2, -0.15) is 0 Å². The number of fused-ring (bicyclic) bond motifs is 6. The predicted molar refractivity (Wildman–Crippen MR) is 203 cm³/mol. The van der Waals surface area contributed by atoms with E-state index in [2.05, 4.69) is 132 Å². The first-order valence-corrected chi connectivity index (χ1v) is 16.7. The molecule has 0 N–H and O–H groups in total. The number of hydrogen-bond acceptors (Lipinski definition) is 4. The van der Waals surface area contributed by atoms with E-state index in [1.165, 1.54) is 0 Å². The summed E-state index contributed by atoms with van der Waals surface area (Å²) in [5.74, 6) is 1.76. The molecule has 5 heteroatoms. The van der Waals surface area contributed by atoms with Crippen molar-refractivity contribution in [2.24, 2.45) is 0 Å². The molecule has 10 rings (SSSR count). The molecule has 0 saturated carbocycles. The number of aromatic nitrogens is 4. The first-order valence-electron chi connectivity index (χ1n) is 16.7. The van der Waals surface area contributed by atoms with E-state index < -0.39 is 0 Å². The van der Waals surface area contributed by atoms with Crippen LogP contribution in [0.3, 0.4) is 0 Å². The minimum absolute atomic E-state index is 0.561. The first kappa shape index (κ1) is 28.2. The number of nitrogens with zero attached hydrogens (tertiary/aromatic N) is 4. The fraction of sp³-hybridized carbons (Fsp3) is 0. The van der Waals surface area contributed by atoms with Crippen LogP contribution in [-0.2, 0) is 0 Å². The van der Waals surface area contributed by atoms with Gasteiger partial charge in [0.15, 0.2) is 17.5 Å². The SMILES string of the molecule is c1ccc(-c2ccc(-c3nc(-c4cccc5c4oc4ccccc45)nc(-c4cccc5c4c4ccccc4n5-c4ccccc4)n3)cc2)cc1. The average Bonchev–Trinajstić information content (AvgIpc) is 3.75. The molecular formula is C45H28N4O. The summed E-state index contributed by atoms with van der Waals surface area (Å²) in [6, 6.07) is 58.5. The van der Waals surface area contributed by atoms with Gasteiger partial charge in [0.25, 0.3) is 0 Å². The van der Waals surface area contributed by atoms with E-state index in [0.29, 0.717) is 17.5 Å². The van der Waals surface area contributed by atoms with Crippen molar-refractivity contribution >= 4 is 43.7 Å². The lowest BCUT2D eigenvalue weighted by Crippen LogP contribution is -2.01. The summed E-state index contributed by atoms with van der Waals surface area (Å²) in [6.07, 6.45) is 0. The molecule has 3 aromatic heterocycles. The van der Waals surface area contributed by atoms with Gasteiger partial charge in [0.05, 0.1) is 16.6 Å². The zero-order valence-corrected chi connectivity index (χ0v) is 26.9. The summed E-state index contributed by atoms with van der Waals surface area (Å²) in [7, 11) is 0. The smallest absolute Gasteiger partial charge is 0.167 e. The predicted octanol–water partition coefficient (Wildman–Crippen LogP) is 11.5. The van der Waals surface area contributed by atoms with Crippen molar-refractivity contribution in [2.45, 2.75) is 0 Å². The van der Waals surface area contributed by atoms with Crippen LogP contribution in [-0.4, -0.2) is 19.5 Å². The van der Waals surface area contributed by atoms with Crippen molar-refractivity contribution < 1.29 is 4.42 Å². The Labute approximate surface area is 287 Å². The molecule has 0 unspecified atom stereocenters. The standard InChI is InChI=1S/C45H28N4O/c1-3-13-29(14-4-1)30-25-27-31(28-26-30)43-46-44(48-45(47-43)37-21-11-19-34-33-17-8-10-24-40(33)50-42(34)37)36-20-12-23-39-41(36)35-18-7-9-22-38(35)49(39)32-15-5-2-6-16-32/h1-28H. The van der Waals surface area contributed by atoms with Crippen LogP contribution in [0.1, 0.15) is 0 Å². The number of benzene rings is 7. The van der Waals surface area contributed by atoms with Gasteiger partial charge in [-0.1, -0.05) is 133 Å². The maximum atomic E-state index is 6.47. The summed E-state index contributed by atoms with van der Waals surface area (Å²) < 4.78 is 8.78. The van der Waals surface area contributed by atoms with E-state index in [-0.39, 0.29) is 0 Å². The highest BCUT2D eigenvalue weighted by Gasteiger charge is 2.21. The van der Waals surface area contributed by atoms with E-state index in [9.17, 15) is 0 Å². The number of furan rings is 1. The molecule has 0 bridgehead atoms. The Balaban J connectivity index is 1.23. The van der Waals surface area contributed by atoms with E-state index in [4.69, 9.17) is 19.4 Å². The normalized spacial score (nSPS) is 11.6. The van der Waals surface area contributed by atoms with Crippen molar-refractivity contribution in [1.29, 1.82) is 0 Å². The lowest BCUT2D eigenvalue weighted by Gasteiger charge is -2.11. The molecule has 0 amide bonds. The van der Waals surface area contributed by atoms with Gasteiger partial charge in [0, 0.05) is 38.4 Å². The minimum Gasteiger partial charge on any atom is -0.455 e. The fourth-order valence-electron chi connectivity index (χ4n) is 7.17. The minimum atomic E-state index is 0.561. The average molecular weight is 641 g/mol. The molecule has 0 saturated heterocycles. The zero-order chi connectivity index (χ0) is 33.0. The largest absolute Gasteiger partial charge is 0.455 e. The van der Waals surface area contributed by atoms with Crippen LogP contribution in [0.2, 0.25) is 0 Å². The van der Waals surface area contributed by atoms with Gasteiger partial charge in [-0.25, -0.2) is 15.0 Å². The number of para-hydroxylation sites is 4. The Bertz CT molecular complexity index is 2850. The highest BCUT2D eigenvalue weighted by molar-refractivity contribution is 6.15. The molecule has 0 atom stereocenters. The van der Waals surface area contributed by atoms with E-state index in [0.717, 1.165) is 77.2 Å². The Morgan fingerprint density at radius 2 is 0.940 bits per heavy atom. The molecule has 0 aliphatic rings. The van der Waals surface area contributed by atoms with Crippen LogP contribution in [0.25, 0.3) is 94.7 Å². The molecule has 50 heavy (non-hydrogen) atoms.